The summed E-state index contributed by atoms with van der Waals surface area (Å²) in [6, 6.07) is 0. The van der Waals surface area contributed by atoms with E-state index in [0.717, 1.165) is 11.8 Å². The first-order chi connectivity index (χ1) is 6.07. The van der Waals surface area contributed by atoms with Crippen molar-refractivity contribution in [3.8, 4) is 0 Å². The fourth-order valence-electron chi connectivity index (χ4n) is 1.97. The Morgan fingerprint density at radius 1 is 1.54 bits per heavy atom. The Hall–Kier alpha value is 0.0900. The fraction of sp³-hybridized carbons (Fsp3) is 0.833. The average Bonchev–Trinajstić information content (AvgIpc) is 2.05. The Labute approximate surface area is 87.2 Å². The van der Waals surface area contributed by atoms with Gasteiger partial charge in [-0.15, -0.1) is 0 Å². The molecule has 0 radical (unpaired) electrons. The van der Waals surface area contributed by atoms with Crippen molar-refractivity contribution >= 4 is 11.8 Å². The zero-order chi connectivity index (χ0) is 9.90. The summed E-state index contributed by atoms with van der Waals surface area (Å²) in [5, 5.41) is 0. The van der Waals surface area contributed by atoms with Gasteiger partial charge >= 0.3 is 0 Å². The summed E-state index contributed by atoms with van der Waals surface area (Å²) in [5.41, 5.74) is 0. The molecule has 0 saturated carbocycles. The van der Waals surface area contributed by atoms with Crippen LogP contribution in [0, 0.1) is 11.8 Å². The van der Waals surface area contributed by atoms with Crippen molar-refractivity contribution in [1.29, 1.82) is 0 Å². The first-order valence-electron chi connectivity index (χ1n) is 5.41. The Morgan fingerprint density at radius 3 is 2.62 bits per heavy atom. The molecule has 0 amide bonds. The largest absolute Gasteiger partial charge is 0.152 e. The molecule has 2 atom stereocenters. The molecule has 0 aromatic rings. The first-order valence-corrected chi connectivity index (χ1v) is 6.39. The van der Waals surface area contributed by atoms with E-state index in [1.165, 1.54) is 18.6 Å². The summed E-state index contributed by atoms with van der Waals surface area (Å²) in [7, 11) is 0. The van der Waals surface area contributed by atoms with Crippen molar-refractivity contribution in [3.05, 3.63) is 12.2 Å². The molecule has 1 rings (SSSR count). The highest BCUT2D eigenvalue weighted by Crippen LogP contribution is 2.38. The lowest BCUT2D eigenvalue weighted by Gasteiger charge is -2.32. The molecule has 0 aromatic heterocycles. The highest BCUT2D eigenvalue weighted by molar-refractivity contribution is 8.00. The second kappa shape index (κ2) is 4.54. The Kier molecular flexibility index (Phi) is 3.90. The van der Waals surface area contributed by atoms with Crippen LogP contribution in [0.3, 0.4) is 0 Å². The lowest BCUT2D eigenvalue weighted by molar-refractivity contribution is 0.394. The molecule has 0 saturated heterocycles. The summed E-state index contributed by atoms with van der Waals surface area (Å²) in [6.45, 7) is 9.27. The minimum atomic E-state index is 0.431. The molecule has 0 N–H and O–H groups in total. The van der Waals surface area contributed by atoms with Crippen molar-refractivity contribution in [2.45, 2.75) is 45.3 Å². The molecule has 0 aliphatic heterocycles. The average molecular weight is 198 g/mol. The van der Waals surface area contributed by atoms with Crippen LogP contribution >= 0.6 is 11.8 Å². The first kappa shape index (κ1) is 11.2. The molecule has 13 heavy (non-hydrogen) atoms. The van der Waals surface area contributed by atoms with E-state index in [0.29, 0.717) is 4.75 Å². The van der Waals surface area contributed by atoms with E-state index in [1.54, 1.807) is 0 Å². The van der Waals surface area contributed by atoms with Crippen molar-refractivity contribution in [3.63, 3.8) is 0 Å². The number of thioether (sulfide) groups is 1. The van der Waals surface area contributed by atoms with Crippen LogP contribution in [0.25, 0.3) is 0 Å². The highest BCUT2D eigenvalue weighted by atomic mass is 32.2. The summed E-state index contributed by atoms with van der Waals surface area (Å²) in [4.78, 5) is 0. The van der Waals surface area contributed by atoms with Gasteiger partial charge in [0.25, 0.3) is 0 Å². The van der Waals surface area contributed by atoms with Crippen molar-refractivity contribution < 1.29 is 0 Å². The maximum absolute atomic E-state index is 2.44. The second-order valence-corrected chi connectivity index (χ2v) is 6.35. The molecule has 1 aliphatic rings. The van der Waals surface area contributed by atoms with E-state index in [9.17, 15) is 0 Å². The summed E-state index contributed by atoms with van der Waals surface area (Å²) in [6.07, 6.45) is 7.61. The third-order valence-electron chi connectivity index (χ3n) is 3.00. The monoisotopic (exact) mass is 198 g/mol. The van der Waals surface area contributed by atoms with Gasteiger partial charge in [0.1, 0.15) is 0 Å². The van der Waals surface area contributed by atoms with Crippen LogP contribution in [0.15, 0.2) is 12.2 Å². The van der Waals surface area contributed by atoms with Crippen LogP contribution in [0.5, 0.6) is 0 Å². The van der Waals surface area contributed by atoms with Gasteiger partial charge in [0.15, 0.2) is 0 Å². The lowest BCUT2D eigenvalue weighted by Crippen LogP contribution is -2.24. The molecule has 0 fully saturated rings. The van der Waals surface area contributed by atoms with Gasteiger partial charge in [0, 0.05) is 4.75 Å². The van der Waals surface area contributed by atoms with E-state index in [-0.39, 0.29) is 0 Å². The molecule has 2 unspecified atom stereocenters. The molecule has 0 nitrogen and oxygen atoms in total. The van der Waals surface area contributed by atoms with Crippen LogP contribution < -0.4 is 0 Å². The number of hydrogen-bond acceptors (Lipinski definition) is 1. The highest BCUT2D eigenvalue weighted by Gasteiger charge is 2.26. The quantitative estimate of drug-likeness (QED) is 0.615. The van der Waals surface area contributed by atoms with Crippen molar-refractivity contribution in [1.82, 2.24) is 0 Å². The molecule has 0 heterocycles. The Balaban J connectivity index is 2.55. The van der Waals surface area contributed by atoms with Crippen molar-refractivity contribution in [2.75, 3.05) is 5.75 Å². The van der Waals surface area contributed by atoms with E-state index < -0.39 is 0 Å². The topological polar surface area (TPSA) is 0 Å². The number of allylic oxidation sites excluding steroid dienone is 1. The fourth-order valence-corrected chi connectivity index (χ4v) is 3.06. The lowest BCUT2D eigenvalue weighted by atomic mass is 9.83. The minimum Gasteiger partial charge on any atom is -0.152 e. The summed E-state index contributed by atoms with van der Waals surface area (Å²) < 4.78 is 0.431. The van der Waals surface area contributed by atoms with E-state index in [1.807, 2.05) is 0 Å². The maximum Gasteiger partial charge on any atom is 0.0310 e. The zero-order valence-electron chi connectivity index (χ0n) is 9.34. The second-order valence-electron chi connectivity index (χ2n) is 4.55. The number of hydrogen-bond donors (Lipinski definition) is 0. The van der Waals surface area contributed by atoms with Crippen LogP contribution in [0.1, 0.15) is 40.5 Å². The third kappa shape index (κ3) is 3.05. The summed E-state index contributed by atoms with van der Waals surface area (Å²) in [5.74, 6) is 2.87. The molecule has 1 aliphatic carbocycles. The van der Waals surface area contributed by atoms with Crippen LogP contribution in [-0.2, 0) is 0 Å². The molecule has 0 spiro atoms. The maximum atomic E-state index is 2.44. The van der Waals surface area contributed by atoms with E-state index in [2.05, 4.69) is 51.6 Å². The van der Waals surface area contributed by atoms with Gasteiger partial charge in [-0.3, -0.25) is 0 Å². The predicted octanol–water partition coefficient (Wildman–Crippen LogP) is 4.12. The van der Waals surface area contributed by atoms with Gasteiger partial charge in [-0.2, -0.15) is 11.8 Å². The number of rotatable bonds is 3. The molecule has 76 valence electrons. The van der Waals surface area contributed by atoms with Crippen LogP contribution in [-0.4, -0.2) is 10.5 Å². The molecular formula is C12H22S. The van der Waals surface area contributed by atoms with Crippen molar-refractivity contribution in [2.24, 2.45) is 11.8 Å². The summed E-state index contributed by atoms with van der Waals surface area (Å²) >= 11 is 2.08. The van der Waals surface area contributed by atoms with E-state index in [4.69, 9.17) is 0 Å². The van der Waals surface area contributed by atoms with Crippen LogP contribution in [0.4, 0.5) is 0 Å². The predicted molar refractivity (Wildman–Crippen MR) is 63.2 cm³/mol. The Bertz CT molecular complexity index is 184. The molecule has 1 heteroatoms. The molecule has 0 aromatic carbocycles. The van der Waals surface area contributed by atoms with E-state index >= 15 is 0 Å². The Morgan fingerprint density at radius 2 is 2.23 bits per heavy atom. The normalized spacial score (nSPS) is 34.1. The third-order valence-corrected chi connectivity index (χ3v) is 4.29. The van der Waals surface area contributed by atoms with Gasteiger partial charge in [0.2, 0.25) is 0 Å². The minimum absolute atomic E-state index is 0.431. The zero-order valence-corrected chi connectivity index (χ0v) is 10.2. The van der Waals surface area contributed by atoms with Gasteiger partial charge < -0.3 is 0 Å². The molecule has 0 bridgehead atoms. The van der Waals surface area contributed by atoms with Gasteiger partial charge in [-0.1, -0.05) is 32.9 Å². The standard InChI is InChI=1S/C12H22S/c1-5-13-12(4)8-6-11(7-9-12)10(2)3/h6,8,10-11H,5,7,9H2,1-4H3. The van der Waals surface area contributed by atoms with Gasteiger partial charge in [0.05, 0.1) is 0 Å². The van der Waals surface area contributed by atoms with Gasteiger partial charge in [-0.05, 0) is 37.4 Å². The smallest absolute Gasteiger partial charge is 0.0310 e. The van der Waals surface area contributed by atoms with Gasteiger partial charge in [-0.25, -0.2) is 0 Å². The SMILES string of the molecule is CCSC1(C)C=CC(C(C)C)CC1. The molecular weight excluding hydrogens is 176 g/mol. The van der Waals surface area contributed by atoms with Crippen LogP contribution in [0.2, 0.25) is 0 Å².